The van der Waals surface area contributed by atoms with Gasteiger partial charge >= 0.3 is 0 Å². The van der Waals surface area contributed by atoms with Gasteiger partial charge in [0.1, 0.15) is 0 Å². The van der Waals surface area contributed by atoms with E-state index in [-0.39, 0.29) is 18.0 Å². The van der Waals surface area contributed by atoms with Crippen molar-refractivity contribution in [1.82, 2.24) is 4.72 Å². The van der Waals surface area contributed by atoms with E-state index >= 15 is 0 Å². The number of benzene rings is 2. The molecule has 0 bridgehead atoms. The van der Waals surface area contributed by atoms with Gasteiger partial charge in [-0.25, -0.2) is 21.6 Å². The number of anilines is 1. The van der Waals surface area contributed by atoms with Crippen LogP contribution in [0.15, 0.2) is 47.4 Å². The molecule has 1 N–H and O–H groups in total. The number of nitrogens with one attached hydrogen (secondary N) is 1. The highest BCUT2D eigenvalue weighted by atomic mass is 32.2. The molecule has 0 saturated heterocycles. The smallest absolute Gasteiger partial charge is 0.240 e. The SMILES string of the molecule is Cc1cccc(S(=O)(=O)NCCN(c2ccc(C)cc2C)S(C)(=O)=O)c1. The molecule has 8 heteroatoms. The maximum Gasteiger partial charge on any atom is 0.240 e. The Kier molecular flexibility index (Phi) is 6.10. The Labute approximate surface area is 156 Å². The maximum absolute atomic E-state index is 12.4. The molecule has 6 nitrogen and oxygen atoms in total. The van der Waals surface area contributed by atoms with Gasteiger partial charge in [-0.15, -0.1) is 0 Å². The van der Waals surface area contributed by atoms with Crippen molar-refractivity contribution in [3.8, 4) is 0 Å². The van der Waals surface area contributed by atoms with E-state index in [1.165, 1.54) is 10.4 Å². The van der Waals surface area contributed by atoms with E-state index in [0.29, 0.717) is 5.69 Å². The molecule has 0 amide bonds. The number of sulfonamides is 2. The van der Waals surface area contributed by atoms with Gasteiger partial charge in [0.2, 0.25) is 20.0 Å². The number of aryl methyl sites for hydroxylation is 3. The molecular formula is C18H24N2O4S2. The van der Waals surface area contributed by atoms with Gasteiger partial charge in [-0.1, -0.05) is 29.8 Å². The van der Waals surface area contributed by atoms with E-state index in [1.807, 2.05) is 39.0 Å². The summed E-state index contributed by atoms with van der Waals surface area (Å²) in [5.41, 5.74) is 3.23. The molecule has 0 atom stereocenters. The van der Waals surface area contributed by atoms with E-state index in [1.54, 1.807) is 18.2 Å². The minimum absolute atomic E-state index is 0.00772. The molecular weight excluding hydrogens is 372 g/mol. The third kappa shape index (κ3) is 5.06. The number of rotatable bonds is 7. The second kappa shape index (κ2) is 7.77. The Morgan fingerprint density at radius 1 is 0.923 bits per heavy atom. The molecule has 0 unspecified atom stereocenters. The Balaban J connectivity index is 2.18. The zero-order valence-electron chi connectivity index (χ0n) is 15.4. The van der Waals surface area contributed by atoms with Crippen LogP contribution in [0.2, 0.25) is 0 Å². The largest absolute Gasteiger partial charge is 0.269 e. The van der Waals surface area contributed by atoms with Crippen LogP contribution >= 0.6 is 0 Å². The van der Waals surface area contributed by atoms with Crippen LogP contribution in [0.25, 0.3) is 0 Å². The van der Waals surface area contributed by atoms with Gasteiger partial charge in [0.25, 0.3) is 0 Å². The number of hydrogen-bond acceptors (Lipinski definition) is 4. The van der Waals surface area contributed by atoms with Crippen LogP contribution < -0.4 is 9.03 Å². The lowest BCUT2D eigenvalue weighted by Gasteiger charge is -2.24. The summed E-state index contributed by atoms with van der Waals surface area (Å²) in [6, 6.07) is 12.0. The van der Waals surface area contributed by atoms with E-state index in [2.05, 4.69) is 4.72 Å². The van der Waals surface area contributed by atoms with Crippen molar-refractivity contribution in [2.75, 3.05) is 23.7 Å². The molecule has 26 heavy (non-hydrogen) atoms. The second-order valence-corrected chi connectivity index (χ2v) is 10.0. The molecule has 0 saturated carbocycles. The standard InChI is InChI=1S/C18H24N2O4S2/c1-14-6-5-7-17(13-14)26(23,24)19-10-11-20(25(4,21)22)18-9-8-15(2)12-16(18)3/h5-9,12-13,19H,10-11H2,1-4H3. The monoisotopic (exact) mass is 396 g/mol. The summed E-state index contributed by atoms with van der Waals surface area (Å²) < 4.78 is 52.8. The van der Waals surface area contributed by atoms with Crippen molar-refractivity contribution in [2.24, 2.45) is 0 Å². The topological polar surface area (TPSA) is 83.6 Å². The minimum atomic E-state index is -3.69. The van der Waals surface area contributed by atoms with Gasteiger partial charge in [0.05, 0.1) is 16.8 Å². The van der Waals surface area contributed by atoms with E-state index < -0.39 is 20.0 Å². The summed E-state index contributed by atoms with van der Waals surface area (Å²) in [7, 11) is -7.24. The highest BCUT2D eigenvalue weighted by molar-refractivity contribution is 7.92. The number of hydrogen-bond donors (Lipinski definition) is 1. The molecule has 0 heterocycles. The van der Waals surface area contributed by atoms with Gasteiger partial charge in [-0.05, 0) is 50.1 Å². The third-order valence-corrected chi connectivity index (χ3v) is 6.57. The molecule has 0 aromatic heterocycles. The van der Waals surface area contributed by atoms with Crippen LogP contribution in [-0.4, -0.2) is 36.2 Å². The second-order valence-electron chi connectivity index (χ2n) is 6.34. The molecule has 0 aliphatic heterocycles. The molecule has 0 fully saturated rings. The summed E-state index contributed by atoms with van der Waals surface area (Å²) >= 11 is 0. The molecule has 0 aliphatic rings. The zero-order chi connectivity index (χ0) is 19.5. The lowest BCUT2D eigenvalue weighted by molar-refractivity contribution is 0.578. The van der Waals surface area contributed by atoms with Gasteiger partial charge in [-0.3, -0.25) is 4.31 Å². The summed E-state index contributed by atoms with van der Waals surface area (Å²) in [4.78, 5) is 0.162. The average molecular weight is 397 g/mol. The van der Waals surface area contributed by atoms with Crippen molar-refractivity contribution in [1.29, 1.82) is 0 Å². The van der Waals surface area contributed by atoms with Crippen molar-refractivity contribution >= 4 is 25.7 Å². The van der Waals surface area contributed by atoms with Crippen molar-refractivity contribution in [3.63, 3.8) is 0 Å². The summed E-state index contributed by atoms with van der Waals surface area (Å²) in [6.45, 7) is 5.55. The molecule has 0 aliphatic carbocycles. The lowest BCUT2D eigenvalue weighted by Crippen LogP contribution is -2.38. The fourth-order valence-electron chi connectivity index (χ4n) is 2.70. The van der Waals surface area contributed by atoms with E-state index in [4.69, 9.17) is 0 Å². The molecule has 2 aromatic carbocycles. The highest BCUT2D eigenvalue weighted by Gasteiger charge is 2.20. The normalized spacial score (nSPS) is 12.2. The number of nitrogens with zero attached hydrogens (tertiary/aromatic N) is 1. The predicted molar refractivity (Wildman–Crippen MR) is 104 cm³/mol. The lowest BCUT2D eigenvalue weighted by atomic mass is 10.1. The van der Waals surface area contributed by atoms with Crippen LogP contribution in [0.3, 0.4) is 0 Å². The van der Waals surface area contributed by atoms with Crippen LogP contribution in [0, 0.1) is 20.8 Å². The average Bonchev–Trinajstić information content (AvgIpc) is 2.51. The van der Waals surface area contributed by atoms with Crippen LogP contribution in [0.4, 0.5) is 5.69 Å². The van der Waals surface area contributed by atoms with Gasteiger partial charge in [0, 0.05) is 13.1 Å². The van der Waals surface area contributed by atoms with Gasteiger partial charge < -0.3 is 0 Å². The van der Waals surface area contributed by atoms with Crippen LogP contribution in [-0.2, 0) is 20.0 Å². The molecule has 2 rings (SSSR count). The Bertz CT molecular complexity index is 1000. The zero-order valence-corrected chi connectivity index (χ0v) is 17.0. The third-order valence-electron chi connectivity index (χ3n) is 3.93. The van der Waals surface area contributed by atoms with Crippen LogP contribution in [0.1, 0.15) is 16.7 Å². The highest BCUT2D eigenvalue weighted by Crippen LogP contribution is 2.23. The molecule has 2 aromatic rings. The van der Waals surface area contributed by atoms with Crippen molar-refractivity contribution in [3.05, 3.63) is 59.2 Å². The first kappa shape index (κ1) is 20.4. The molecule has 0 spiro atoms. The fourth-order valence-corrected chi connectivity index (χ4v) is 4.81. The molecule has 0 radical (unpaired) electrons. The Morgan fingerprint density at radius 3 is 2.15 bits per heavy atom. The first-order valence-electron chi connectivity index (χ1n) is 8.12. The minimum Gasteiger partial charge on any atom is -0.269 e. The summed E-state index contributed by atoms with van der Waals surface area (Å²) in [5, 5.41) is 0. The fraction of sp³-hybridized carbons (Fsp3) is 0.333. The first-order chi connectivity index (χ1) is 12.0. The Hall–Kier alpha value is -1.90. The van der Waals surface area contributed by atoms with Crippen molar-refractivity contribution < 1.29 is 16.8 Å². The maximum atomic E-state index is 12.4. The molecule has 142 valence electrons. The quantitative estimate of drug-likeness (QED) is 0.779. The van der Waals surface area contributed by atoms with Gasteiger partial charge in [0.15, 0.2) is 0 Å². The van der Waals surface area contributed by atoms with E-state index in [0.717, 1.165) is 22.9 Å². The first-order valence-corrected chi connectivity index (χ1v) is 11.5. The summed E-state index contributed by atoms with van der Waals surface area (Å²) in [6.07, 6.45) is 1.11. The van der Waals surface area contributed by atoms with Crippen molar-refractivity contribution in [2.45, 2.75) is 25.7 Å². The van der Waals surface area contributed by atoms with Crippen LogP contribution in [0.5, 0.6) is 0 Å². The summed E-state index contributed by atoms with van der Waals surface area (Å²) in [5.74, 6) is 0. The van der Waals surface area contributed by atoms with Gasteiger partial charge in [-0.2, -0.15) is 0 Å². The van der Waals surface area contributed by atoms with E-state index in [9.17, 15) is 16.8 Å². The Morgan fingerprint density at radius 2 is 1.58 bits per heavy atom. The predicted octanol–water partition coefficient (Wildman–Crippen LogP) is 2.36.